The van der Waals surface area contributed by atoms with E-state index in [-0.39, 0.29) is 17.9 Å². The van der Waals surface area contributed by atoms with Gasteiger partial charge in [-0.3, -0.25) is 4.79 Å². The molecule has 0 bridgehead atoms. The van der Waals surface area contributed by atoms with Crippen LogP contribution in [0, 0.1) is 5.92 Å². The van der Waals surface area contributed by atoms with Crippen LogP contribution in [0.5, 0.6) is 0 Å². The zero-order chi connectivity index (χ0) is 12.3. The molecule has 0 saturated carbocycles. The number of halogens is 1. The van der Waals surface area contributed by atoms with Crippen molar-refractivity contribution in [1.29, 1.82) is 0 Å². The highest BCUT2D eigenvalue weighted by Gasteiger charge is 2.38. The molecule has 0 radical (unpaired) electrons. The van der Waals surface area contributed by atoms with Crippen molar-refractivity contribution < 1.29 is 4.79 Å². The monoisotopic (exact) mass is 274 g/mol. The predicted octanol–water partition coefficient (Wildman–Crippen LogP) is 2.59. The van der Waals surface area contributed by atoms with Crippen LogP contribution < -0.4 is 5.32 Å². The fourth-order valence-corrected chi connectivity index (χ4v) is 3.13. The van der Waals surface area contributed by atoms with Crippen LogP contribution in [0.25, 0.3) is 0 Å². The molecule has 2 aliphatic heterocycles. The second kappa shape index (κ2) is 6.76. The molecule has 0 aromatic carbocycles. The summed E-state index contributed by atoms with van der Waals surface area (Å²) >= 11 is 0. The van der Waals surface area contributed by atoms with Crippen LogP contribution in [-0.2, 0) is 4.79 Å². The number of amides is 1. The highest BCUT2D eigenvalue weighted by molar-refractivity contribution is 5.86. The summed E-state index contributed by atoms with van der Waals surface area (Å²) in [7, 11) is 0. The largest absolute Gasteiger partial charge is 0.341 e. The SMILES string of the molecule is CCC1CCN(C(=O)C2(C)CCCCN2)CC1.Cl. The van der Waals surface area contributed by atoms with Crippen molar-refractivity contribution in [3.63, 3.8) is 0 Å². The van der Waals surface area contributed by atoms with E-state index in [9.17, 15) is 4.79 Å². The van der Waals surface area contributed by atoms with E-state index in [0.717, 1.165) is 32.0 Å². The Morgan fingerprint density at radius 2 is 2.00 bits per heavy atom. The van der Waals surface area contributed by atoms with E-state index in [1.165, 1.54) is 32.1 Å². The van der Waals surface area contributed by atoms with Gasteiger partial charge in [-0.25, -0.2) is 0 Å². The number of nitrogens with one attached hydrogen (secondary N) is 1. The maximum Gasteiger partial charge on any atom is 0.242 e. The average molecular weight is 275 g/mol. The van der Waals surface area contributed by atoms with Crippen molar-refractivity contribution in [2.24, 2.45) is 5.92 Å². The first kappa shape index (κ1) is 15.8. The van der Waals surface area contributed by atoms with Gasteiger partial charge in [-0.1, -0.05) is 13.3 Å². The number of rotatable bonds is 2. The first-order valence-electron chi connectivity index (χ1n) is 7.20. The number of carbonyl (C=O) groups excluding carboxylic acids is 1. The van der Waals surface area contributed by atoms with Gasteiger partial charge in [-0.15, -0.1) is 12.4 Å². The second-order valence-electron chi connectivity index (χ2n) is 5.86. The molecule has 2 fully saturated rings. The Morgan fingerprint density at radius 3 is 2.50 bits per heavy atom. The molecule has 0 aliphatic carbocycles. The van der Waals surface area contributed by atoms with Crippen molar-refractivity contribution in [2.45, 2.75) is 57.9 Å². The molecule has 1 atom stereocenters. The molecule has 106 valence electrons. The Bertz CT molecular complexity index is 269. The van der Waals surface area contributed by atoms with Crippen LogP contribution in [0.1, 0.15) is 52.4 Å². The van der Waals surface area contributed by atoms with Crippen molar-refractivity contribution >= 4 is 18.3 Å². The first-order chi connectivity index (χ1) is 8.15. The maximum atomic E-state index is 12.5. The second-order valence-corrected chi connectivity index (χ2v) is 5.86. The fraction of sp³-hybridized carbons (Fsp3) is 0.929. The summed E-state index contributed by atoms with van der Waals surface area (Å²) in [5.74, 6) is 1.18. The highest BCUT2D eigenvalue weighted by Crippen LogP contribution is 2.25. The van der Waals surface area contributed by atoms with Crippen LogP contribution in [0.2, 0.25) is 0 Å². The lowest BCUT2D eigenvalue weighted by molar-refractivity contribution is -0.140. The summed E-state index contributed by atoms with van der Waals surface area (Å²) in [4.78, 5) is 14.6. The third-order valence-corrected chi connectivity index (χ3v) is 4.57. The Balaban J connectivity index is 0.00000162. The summed E-state index contributed by atoms with van der Waals surface area (Å²) in [6, 6.07) is 0. The maximum absolute atomic E-state index is 12.5. The Morgan fingerprint density at radius 1 is 1.33 bits per heavy atom. The molecule has 1 amide bonds. The number of piperidine rings is 2. The fourth-order valence-electron chi connectivity index (χ4n) is 3.13. The van der Waals surface area contributed by atoms with Crippen LogP contribution in [0.3, 0.4) is 0 Å². The molecule has 2 saturated heterocycles. The van der Waals surface area contributed by atoms with Crippen molar-refractivity contribution in [3.05, 3.63) is 0 Å². The molecule has 4 heteroatoms. The quantitative estimate of drug-likeness (QED) is 0.839. The minimum absolute atomic E-state index is 0. The number of nitrogens with zero attached hydrogens (tertiary/aromatic N) is 1. The summed E-state index contributed by atoms with van der Waals surface area (Å²) in [5, 5.41) is 3.43. The molecule has 3 nitrogen and oxygen atoms in total. The zero-order valence-electron chi connectivity index (χ0n) is 11.7. The van der Waals surface area contributed by atoms with E-state index in [1.54, 1.807) is 0 Å². The topological polar surface area (TPSA) is 32.3 Å². The van der Waals surface area contributed by atoms with Crippen LogP contribution in [0.4, 0.5) is 0 Å². The molecular weight excluding hydrogens is 248 g/mol. The summed E-state index contributed by atoms with van der Waals surface area (Å²) in [6.45, 7) is 7.27. The molecule has 2 aliphatic rings. The van der Waals surface area contributed by atoms with Gasteiger partial charge >= 0.3 is 0 Å². The summed E-state index contributed by atoms with van der Waals surface area (Å²) in [5.41, 5.74) is -0.280. The standard InChI is InChI=1S/C14H26N2O.ClH/c1-3-12-6-10-16(11-7-12)13(17)14(2)8-4-5-9-15-14;/h12,15H,3-11H2,1-2H3;1H. The summed E-state index contributed by atoms with van der Waals surface area (Å²) in [6.07, 6.45) is 7.04. The molecule has 2 heterocycles. The zero-order valence-corrected chi connectivity index (χ0v) is 12.5. The average Bonchev–Trinajstić information content (AvgIpc) is 2.39. The summed E-state index contributed by atoms with van der Waals surface area (Å²) < 4.78 is 0. The van der Waals surface area contributed by atoms with Gasteiger partial charge < -0.3 is 10.2 Å². The van der Waals surface area contributed by atoms with Gasteiger partial charge in [0, 0.05) is 13.1 Å². The van der Waals surface area contributed by atoms with Gasteiger partial charge in [0.15, 0.2) is 0 Å². The molecule has 1 N–H and O–H groups in total. The van der Waals surface area contributed by atoms with Crippen LogP contribution in [0.15, 0.2) is 0 Å². The van der Waals surface area contributed by atoms with Gasteiger partial charge in [0.05, 0.1) is 5.54 Å². The lowest BCUT2D eigenvalue weighted by atomic mass is 9.87. The molecule has 0 spiro atoms. The lowest BCUT2D eigenvalue weighted by Crippen LogP contribution is -2.59. The van der Waals surface area contributed by atoms with Gasteiger partial charge in [-0.2, -0.15) is 0 Å². The Hall–Kier alpha value is -0.280. The van der Waals surface area contributed by atoms with Crippen LogP contribution in [-0.4, -0.2) is 36.0 Å². The number of hydrogen-bond donors (Lipinski definition) is 1. The van der Waals surface area contributed by atoms with Gasteiger partial charge in [0.2, 0.25) is 5.91 Å². The number of carbonyl (C=O) groups is 1. The van der Waals surface area contributed by atoms with Gasteiger partial charge in [-0.05, 0) is 51.5 Å². The predicted molar refractivity (Wildman–Crippen MR) is 77.1 cm³/mol. The number of likely N-dealkylation sites (tertiary alicyclic amines) is 1. The highest BCUT2D eigenvalue weighted by atomic mass is 35.5. The van der Waals surface area contributed by atoms with Crippen molar-refractivity contribution in [3.8, 4) is 0 Å². The first-order valence-corrected chi connectivity index (χ1v) is 7.20. The number of hydrogen-bond acceptors (Lipinski definition) is 2. The van der Waals surface area contributed by atoms with E-state index >= 15 is 0 Å². The Labute approximate surface area is 117 Å². The molecule has 18 heavy (non-hydrogen) atoms. The normalized spacial score (nSPS) is 29.8. The van der Waals surface area contributed by atoms with E-state index in [2.05, 4.69) is 24.1 Å². The Kier molecular flexibility index (Phi) is 5.93. The van der Waals surface area contributed by atoms with E-state index in [0.29, 0.717) is 5.91 Å². The van der Waals surface area contributed by atoms with Crippen LogP contribution >= 0.6 is 12.4 Å². The molecule has 0 aromatic heterocycles. The van der Waals surface area contributed by atoms with E-state index in [1.807, 2.05) is 0 Å². The molecule has 0 aromatic rings. The van der Waals surface area contributed by atoms with Gasteiger partial charge in [0.25, 0.3) is 0 Å². The third kappa shape index (κ3) is 3.39. The minimum Gasteiger partial charge on any atom is -0.341 e. The van der Waals surface area contributed by atoms with E-state index in [4.69, 9.17) is 0 Å². The van der Waals surface area contributed by atoms with Crippen molar-refractivity contribution in [2.75, 3.05) is 19.6 Å². The molecular formula is C14H27ClN2O. The smallest absolute Gasteiger partial charge is 0.242 e. The minimum atomic E-state index is -0.280. The molecule has 1 unspecified atom stereocenters. The lowest BCUT2D eigenvalue weighted by Gasteiger charge is -2.40. The van der Waals surface area contributed by atoms with E-state index < -0.39 is 0 Å². The van der Waals surface area contributed by atoms with Crippen molar-refractivity contribution in [1.82, 2.24) is 10.2 Å². The van der Waals surface area contributed by atoms with Gasteiger partial charge in [0.1, 0.15) is 0 Å². The third-order valence-electron chi connectivity index (χ3n) is 4.57. The molecule has 2 rings (SSSR count).